The van der Waals surface area contributed by atoms with Crippen molar-refractivity contribution in [1.82, 2.24) is 15.3 Å². The molecule has 1 saturated carbocycles. The summed E-state index contributed by atoms with van der Waals surface area (Å²) in [5, 5.41) is 16.9. The predicted molar refractivity (Wildman–Crippen MR) is 128 cm³/mol. The maximum absolute atomic E-state index is 13.0. The number of aryl methyl sites for hydroxylation is 1. The van der Waals surface area contributed by atoms with Gasteiger partial charge in [-0.05, 0) is 18.6 Å². The molecule has 2 aliphatic rings. The first-order valence-electron chi connectivity index (χ1n) is 9.81. The van der Waals surface area contributed by atoms with Crippen molar-refractivity contribution >= 4 is 68.1 Å². The minimum Gasteiger partial charge on any atom is -0.478 e. The van der Waals surface area contributed by atoms with Gasteiger partial charge in [0, 0.05) is 26.8 Å². The first-order chi connectivity index (χ1) is 16.2. The fourth-order valence-electron chi connectivity index (χ4n) is 3.84. The summed E-state index contributed by atoms with van der Waals surface area (Å²) in [6.07, 6.45) is 3.28. The van der Waals surface area contributed by atoms with Crippen LogP contribution in [0.3, 0.4) is 0 Å². The second kappa shape index (κ2) is 9.56. The number of fused-ring (bicyclic) bond motifs is 1. The predicted octanol–water partition coefficient (Wildman–Crippen LogP) is 0.750. The lowest BCUT2D eigenvalue weighted by Crippen LogP contribution is -2.68. The summed E-state index contributed by atoms with van der Waals surface area (Å²) in [7, 11) is -0.352. The van der Waals surface area contributed by atoms with Crippen LogP contribution in [0.2, 0.25) is 0 Å². The van der Waals surface area contributed by atoms with E-state index in [9.17, 15) is 23.7 Å². The number of thiazole rings is 2. The SMILES string of the molecule is CO/N=C(\C(=O)N[C@@H]1C(=O)C2C(C(=O)O)=C(/C=C\c3scnc3C)CS(=O)[C@@H]21)c1csc(N)n1. The molecule has 0 radical (unpaired) electrons. The molecule has 0 spiro atoms. The normalized spacial score (nSPS) is 24.6. The monoisotopic (exact) mass is 521 g/mol. The number of hydrogen-bond acceptors (Lipinski definition) is 11. The lowest BCUT2D eigenvalue weighted by atomic mass is 9.71. The number of allylic oxidation sites excluding steroid dienone is 1. The molecule has 1 amide bonds. The molecule has 34 heavy (non-hydrogen) atoms. The Morgan fingerprint density at radius 2 is 2.15 bits per heavy atom. The van der Waals surface area contributed by atoms with E-state index in [4.69, 9.17) is 10.6 Å². The number of carboxylic acids is 1. The molecule has 0 bridgehead atoms. The number of carboxylic acid groups (broad SMARTS) is 1. The summed E-state index contributed by atoms with van der Waals surface area (Å²) in [5.41, 5.74) is 8.24. The number of hydrogen-bond donors (Lipinski definition) is 3. The molecular weight excluding hydrogens is 502 g/mol. The highest BCUT2D eigenvalue weighted by Gasteiger charge is 2.59. The Morgan fingerprint density at radius 3 is 2.74 bits per heavy atom. The Bertz CT molecular complexity index is 1290. The van der Waals surface area contributed by atoms with Gasteiger partial charge in [0.2, 0.25) is 0 Å². The maximum Gasteiger partial charge on any atom is 0.332 e. The minimum atomic E-state index is -1.60. The zero-order valence-electron chi connectivity index (χ0n) is 17.9. The summed E-state index contributed by atoms with van der Waals surface area (Å²) in [4.78, 5) is 51.5. The molecule has 4 rings (SSSR count). The zero-order chi connectivity index (χ0) is 24.6. The van der Waals surface area contributed by atoms with Crippen molar-refractivity contribution in [3.8, 4) is 0 Å². The van der Waals surface area contributed by atoms with Crippen molar-refractivity contribution < 1.29 is 28.5 Å². The first kappa shape index (κ1) is 23.9. The number of amides is 1. The van der Waals surface area contributed by atoms with Gasteiger partial charge in [-0.2, -0.15) is 0 Å². The van der Waals surface area contributed by atoms with E-state index in [2.05, 4.69) is 20.4 Å². The highest BCUT2D eigenvalue weighted by atomic mass is 32.2. The Balaban J connectivity index is 1.59. The van der Waals surface area contributed by atoms with E-state index in [0.29, 0.717) is 5.57 Å². The van der Waals surface area contributed by atoms with Crippen LogP contribution >= 0.6 is 22.7 Å². The van der Waals surface area contributed by atoms with Gasteiger partial charge in [0.25, 0.3) is 5.91 Å². The Labute approximate surface area is 203 Å². The molecule has 1 fully saturated rings. The highest BCUT2D eigenvalue weighted by Crippen LogP contribution is 2.41. The van der Waals surface area contributed by atoms with Crippen LogP contribution in [-0.2, 0) is 30.0 Å². The van der Waals surface area contributed by atoms with E-state index in [1.807, 2.05) is 6.92 Å². The fourth-order valence-corrected chi connectivity index (χ4v) is 6.91. The largest absolute Gasteiger partial charge is 0.478 e. The van der Waals surface area contributed by atoms with Crippen molar-refractivity contribution in [2.24, 2.45) is 11.1 Å². The van der Waals surface area contributed by atoms with Crippen molar-refractivity contribution in [2.45, 2.75) is 18.2 Å². The van der Waals surface area contributed by atoms with Gasteiger partial charge in [-0.25, -0.2) is 14.8 Å². The number of carbonyl (C=O) groups is 3. The van der Waals surface area contributed by atoms with Crippen LogP contribution in [-0.4, -0.2) is 66.8 Å². The van der Waals surface area contributed by atoms with Crippen LogP contribution in [0.4, 0.5) is 5.13 Å². The number of nitrogens with one attached hydrogen (secondary N) is 1. The Kier molecular flexibility index (Phi) is 6.72. The third-order valence-corrected chi connectivity index (χ3v) is 8.74. The smallest absolute Gasteiger partial charge is 0.332 e. The van der Waals surface area contributed by atoms with Gasteiger partial charge < -0.3 is 21.0 Å². The van der Waals surface area contributed by atoms with Gasteiger partial charge in [-0.15, -0.1) is 22.7 Å². The van der Waals surface area contributed by atoms with Gasteiger partial charge in [-0.1, -0.05) is 11.2 Å². The second-order valence-electron chi connectivity index (χ2n) is 7.39. The summed E-state index contributed by atoms with van der Waals surface area (Å²) < 4.78 is 13.0. The number of anilines is 1. The molecule has 4 atom stereocenters. The van der Waals surface area contributed by atoms with Crippen LogP contribution in [0.1, 0.15) is 16.3 Å². The molecule has 14 heteroatoms. The molecule has 1 aliphatic heterocycles. The van der Waals surface area contributed by atoms with Crippen molar-refractivity contribution in [1.29, 1.82) is 0 Å². The van der Waals surface area contributed by atoms with Crippen LogP contribution in [0.15, 0.2) is 33.3 Å². The molecule has 0 saturated heterocycles. The second-order valence-corrected chi connectivity index (χ2v) is 10.8. The van der Waals surface area contributed by atoms with E-state index in [0.717, 1.165) is 21.9 Å². The third kappa shape index (κ3) is 4.31. The molecular formula is C20H19N5O6S3. The number of nitrogen functional groups attached to an aromatic ring is 1. The molecule has 3 heterocycles. The summed E-state index contributed by atoms with van der Waals surface area (Å²) >= 11 is 2.48. The molecule has 2 unspecified atom stereocenters. The topological polar surface area (TPSA) is 174 Å². The molecule has 2 aromatic rings. The third-order valence-electron chi connectivity index (χ3n) is 5.43. The zero-order valence-corrected chi connectivity index (χ0v) is 20.3. The number of Topliss-reactive ketones (excluding diaryl/α,β-unsaturated/α-hetero) is 1. The van der Waals surface area contributed by atoms with Crippen molar-refractivity contribution in [2.75, 3.05) is 18.6 Å². The summed E-state index contributed by atoms with van der Waals surface area (Å²) in [5.74, 6) is -3.70. The van der Waals surface area contributed by atoms with E-state index < -0.39 is 45.7 Å². The molecule has 0 aromatic carbocycles. The lowest BCUT2D eigenvalue weighted by Gasteiger charge is -2.45. The first-order valence-corrected chi connectivity index (χ1v) is 13.0. The van der Waals surface area contributed by atoms with Crippen molar-refractivity contribution in [3.05, 3.63) is 44.4 Å². The van der Waals surface area contributed by atoms with Gasteiger partial charge in [0.05, 0.1) is 27.9 Å². The van der Waals surface area contributed by atoms with Crippen LogP contribution in [0.5, 0.6) is 0 Å². The van der Waals surface area contributed by atoms with Gasteiger partial charge in [-0.3, -0.25) is 13.8 Å². The van der Waals surface area contributed by atoms with Crippen LogP contribution < -0.4 is 11.1 Å². The van der Waals surface area contributed by atoms with E-state index in [-0.39, 0.29) is 27.9 Å². The number of nitrogens with two attached hydrogens (primary N) is 1. The number of ketones is 1. The number of nitrogens with zero attached hydrogens (tertiary/aromatic N) is 3. The van der Waals surface area contributed by atoms with Crippen LogP contribution in [0, 0.1) is 12.8 Å². The maximum atomic E-state index is 13.0. The summed E-state index contributed by atoms with van der Waals surface area (Å²) in [6, 6.07) is -1.13. The van der Waals surface area contributed by atoms with Gasteiger partial charge in [0.15, 0.2) is 16.6 Å². The summed E-state index contributed by atoms with van der Waals surface area (Å²) in [6.45, 7) is 1.82. The molecule has 11 nitrogen and oxygen atoms in total. The molecule has 2 aromatic heterocycles. The Hall–Kier alpha value is -3.23. The minimum absolute atomic E-state index is 0.0571. The average molecular weight is 522 g/mol. The highest BCUT2D eigenvalue weighted by molar-refractivity contribution is 7.86. The molecule has 1 aliphatic carbocycles. The number of aliphatic carboxylic acids is 1. The van der Waals surface area contributed by atoms with Crippen molar-refractivity contribution in [3.63, 3.8) is 0 Å². The van der Waals surface area contributed by atoms with E-state index in [1.165, 1.54) is 23.8 Å². The van der Waals surface area contributed by atoms with Crippen LogP contribution in [0.25, 0.3) is 6.08 Å². The number of rotatable bonds is 7. The molecule has 178 valence electrons. The number of carbonyl (C=O) groups excluding carboxylic acids is 2. The fraction of sp³-hybridized carbons (Fsp3) is 0.300. The van der Waals surface area contributed by atoms with E-state index in [1.54, 1.807) is 17.7 Å². The number of aromatic nitrogens is 2. The van der Waals surface area contributed by atoms with Gasteiger partial charge >= 0.3 is 5.97 Å². The Morgan fingerprint density at radius 1 is 1.38 bits per heavy atom. The quantitative estimate of drug-likeness (QED) is 0.351. The van der Waals surface area contributed by atoms with E-state index >= 15 is 0 Å². The number of oxime groups is 1. The molecule has 4 N–H and O–H groups in total. The standard InChI is InChI=1S/C20H19N5O6S3/c1-8-11(33-7-22-8)4-3-9-6-34(30)17-13(12(9)19(28)29)16(26)15(17)24-18(27)14(25-31-2)10-5-32-20(21)23-10/h3-5,7,13,15,17H,6H2,1-2H3,(H2,21,23)(H,24,27)(H,28,29)/b4-3-,25-14-/t13?,15-,17+,34?/m1/s1. The lowest BCUT2D eigenvalue weighted by molar-refractivity contribution is -0.139. The average Bonchev–Trinajstić information content (AvgIpc) is 3.41. The van der Waals surface area contributed by atoms with Gasteiger partial charge in [0.1, 0.15) is 18.8 Å².